The Labute approximate surface area is 165 Å². The SMILES string of the molecule is Cc1ccc([C@@H]2C(=C(O)c3ccccc3)C(=O)C(=O)N2c2nc(C)c(C)s2)o1. The van der Waals surface area contributed by atoms with Gasteiger partial charge in [0.25, 0.3) is 5.78 Å². The van der Waals surface area contributed by atoms with Crippen LogP contribution in [0.3, 0.4) is 0 Å². The van der Waals surface area contributed by atoms with E-state index < -0.39 is 17.7 Å². The number of carbonyl (C=O) groups excluding carboxylic acids is 2. The first-order chi connectivity index (χ1) is 13.4. The van der Waals surface area contributed by atoms with Crippen LogP contribution in [0.25, 0.3) is 5.76 Å². The van der Waals surface area contributed by atoms with Crippen molar-refractivity contribution in [1.29, 1.82) is 0 Å². The first-order valence-corrected chi connectivity index (χ1v) is 9.57. The number of aliphatic hydroxyl groups is 1. The number of Topliss-reactive ketones (excluding diaryl/α,β-unsaturated/α-hetero) is 1. The van der Waals surface area contributed by atoms with Crippen LogP contribution in [0.15, 0.2) is 52.5 Å². The smallest absolute Gasteiger partial charge is 0.302 e. The molecular formula is C21H18N2O4S. The third-order valence-corrected chi connectivity index (χ3v) is 5.82. The van der Waals surface area contributed by atoms with E-state index in [1.54, 1.807) is 43.3 Å². The number of ketones is 1. The number of thiazole rings is 1. The Morgan fingerprint density at radius 1 is 1.11 bits per heavy atom. The van der Waals surface area contributed by atoms with E-state index >= 15 is 0 Å². The van der Waals surface area contributed by atoms with Gasteiger partial charge in [-0.05, 0) is 32.9 Å². The lowest BCUT2D eigenvalue weighted by Gasteiger charge is -2.20. The number of hydrogen-bond donors (Lipinski definition) is 1. The summed E-state index contributed by atoms with van der Waals surface area (Å²) in [7, 11) is 0. The van der Waals surface area contributed by atoms with Gasteiger partial charge in [0.2, 0.25) is 0 Å². The number of aromatic nitrogens is 1. The van der Waals surface area contributed by atoms with Crippen molar-refractivity contribution in [2.24, 2.45) is 0 Å². The quantitative estimate of drug-likeness (QED) is 0.407. The summed E-state index contributed by atoms with van der Waals surface area (Å²) in [4.78, 5) is 32.6. The van der Waals surface area contributed by atoms with Crippen LogP contribution in [0.5, 0.6) is 0 Å². The van der Waals surface area contributed by atoms with Gasteiger partial charge in [0.15, 0.2) is 5.13 Å². The first-order valence-electron chi connectivity index (χ1n) is 8.75. The molecule has 6 nitrogen and oxygen atoms in total. The molecule has 1 fully saturated rings. The molecule has 1 atom stereocenters. The van der Waals surface area contributed by atoms with Crippen molar-refractivity contribution >= 4 is 33.9 Å². The van der Waals surface area contributed by atoms with Crippen molar-refractivity contribution in [3.8, 4) is 0 Å². The molecule has 1 aromatic carbocycles. The van der Waals surface area contributed by atoms with E-state index in [1.807, 2.05) is 19.9 Å². The highest BCUT2D eigenvalue weighted by molar-refractivity contribution is 7.16. The maximum Gasteiger partial charge on any atom is 0.302 e. The molecule has 0 radical (unpaired) electrons. The number of amides is 1. The van der Waals surface area contributed by atoms with Crippen LogP contribution in [-0.2, 0) is 9.59 Å². The molecule has 0 spiro atoms. The number of aliphatic hydroxyl groups excluding tert-OH is 1. The zero-order chi connectivity index (χ0) is 20.0. The summed E-state index contributed by atoms with van der Waals surface area (Å²) in [5.74, 6) is -0.673. The molecule has 0 unspecified atom stereocenters. The van der Waals surface area contributed by atoms with Gasteiger partial charge in [-0.15, -0.1) is 11.3 Å². The molecule has 1 N–H and O–H groups in total. The molecular weight excluding hydrogens is 376 g/mol. The summed E-state index contributed by atoms with van der Waals surface area (Å²) in [5.41, 5.74) is 1.25. The number of aryl methyl sites for hydroxylation is 3. The van der Waals surface area contributed by atoms with Gasteiger partial charge >= 0.3 is 5.91 Å². The van der Waals surface area contributed by atoms with Gasteiger partial charge in [-0.1, -0.05) is 30.3 Å². The summed E-state index contributed by atoms with van der Waals surface area (Å²) < 4.78 is 5.75. The fourth-order valence-corrected chi connectivity index (χ4v) is 4.15. The molecule has 1 saturated heterocycles. The van der Waals surface area contributed by atoms with Gasteiger partial charge in [0.1, 0.15) is 23.3 Å². The van der Waals surface area contributed by atoms with E-state index in [9.17, 15) is 14.7 Å². The van der Waals surface area contributed by atoms with E-state index in [0.29, 0.717) is 22.2 Å². The van der Waals surface area contributed by atoms with Crippen LogP contribution in [0, 0.1) is 20.8 Å². The first kappa shape index (κ1) is 18.2. The molecule has 4 rings (SSSR count). The Bertz CT molecular complexity index is 1090. The van der Waals surface area contributed by atoms with Crippen LogP contribution in [-0.4, -0.2) is 21.8 Å². The normalized spacial score (nSPS) is 18.8. The molecule has 1 aliphatic rings. The third kappa shape index (κ3) is 2.84. The van der Waals surface area contributed by atoms with Crippen LogP contribution in [0.2, 0.25) is 0 Å². The summed E-state index contributed by atoms with van der Waals surface area (Å²) in [6.07, 6.45) is 0. The average Bonchev–Trinajstić information content (AvgIpc) is 3.33. The lowest BCUT2D eigenvalue weighted by atomic mass is 9.99. The topological polar surface area (TPSA) is 83.6 Å². The Kier molecular flexibility index (Phi) is 4.39. The van der Waals surface area contributed by atoms with Crippen molar-refractivity contribution in [3.05, 3.63) is 75.7 Å². The second-order valence-electron chi connectivity index (χ2n) is 6.62. The minimum Gasteiger partial charge on any atom is -0.507 e. The van der Waals surface area contributed by atoms with E-state index in [-0.39, 0.29) is 11.3 Å². The van der Waals surface area contributed by atoms with Crippen molar-refractivity contribution in [2.75, 3.05) is 4.90 Å². The van der Waals surface area contributed by atoms with E-state index in [4.69, 9.17) is 4.42 Å². The highest BCUT2D eigenvalue weighted by atomic mass is 32.1. The average molecular weight is 394 g/mol. The number of anilines is 1. The molecule has 28 heavy (non-hydrogen) atoms. The van der Waals surface area contributed by atoms with Gasteiger partial charge < -0.3 is 9.52 Å². The van der Waals surface area contributed by atoms with Crippen molar-refractivity contribution in [1.82, 2.24) is 4.98 Å². The number of furan rings is 1. The van der Waals surface area contributed by atoms with Crippen molar-refractivity contribution in [2.45, 2.75) is 26.8 Å². The number of rotatable bonds is 3. The predicted molar refractivity (Wildman–Crippen MR) is 106 cm³/mol. The predicted octanol–water partition coefficient (Wildman–Crippen LogP) is 4.29. The highest BCUT2D eigenvalue weighted by Gasteiger charge is 2.49. The van der Waals surface area contributed by atoms with Crippen LogP contribution in [0.4, 0.5) is 5.13 Å². The molecule has 1 aliphatic heterocycles. The lowest BCUT2D eigenvalue weighted by molar-refractivity contribution is -0.132. The third-order valence-electron chi connectivity index (χ3n) is 4.75. The minimum atomic E-state index is -0.876. The van der Waals surface area contributed by atoms with Gasteiger partial charge in [0.05, 0.1) is 11.3 Å². The Morgan fingerprint density at radius 2 is 1.82 bits per heavy atom. The molecule has 142 valence electrons. The maximum atomic E-state index is 12.9. The molecule has 7 heteroatoms. The second kappa shape index (κ2) is 6.76. The Morgan fingerprint density at radius 3 is 2.39 bits per heavy atom. The monoisotopic (exact) mass is 394 g/mol. The van der Waals surface area contributed by atoms with Crippen LogP contribution in [0.1, 0.15) is 33.7 Å². The van der Waals surface area contributed by atoms with Gasteiger partial charge in [-0.2, -0.15) is 0 Å². The zero-order valence-electron chi connectivity index (χ0n) is 15.6. The highest BCUT2D eigenvalue weighted by Crippen LogP contribution is 2.44. The molecule has 3 heterocycles. The number of benzene rings is 1. The van der Waals surface area contributed by atoms with E-state index in [0.717, 1.165) is 10.6 Å². The second-order valence-corrected chi connectivity index (χ2v) is 7.80. The van der Waals surface area contributed by atoms with E-state index in [1.165, 1.54) is 16.2 Å². The molecule has 1 amide bonds. The Balaban J connectivity index is 1.95. The zero-order valence-corrected chi connectivity index (χ0v) is 16.4. The van der Waals surface area contributed by atoms with Crippen molar-refractivity contribution in [3.63, 3.8) is 0 Å². The van der Waals surface area contributed by atoms with Crippen molar-refractivity contribution < 1.29 is 19.1 Å². The molecule has 0 bridgehead atoms. The molecule has 0 saturated carbocycles. The van der Waals surface area contributed by atoms with E-state index in [2.05, 4.69) is 4.98 Å². The number of nitrogens with zero attached hydrogens (tertiary/aromatic N) is 2. The summed E-state index contributed by atoms with van der Waals surface area (Å²) in [5, 5.41) is 11.3. The largest absolute Gasteiger partial charge is 0.507 e. The maximum absolute atomic E-state index is 12.9. The van der Waals surface area contributed by atoms with Gasteiger partial charge in [0, 0.05) is 10.4 Å². The fraction of sp³-hybridized carbons (Fsp3) is 0.190. The van der Waals surface area contributed by atoms with Crippen LogP contribution < -0.4 is 4.90 Å². The molecule has 2 aromatic heterocycles. The molecule has 3 aromatic rings. The summed E-state index contributed by atoms with van der Waals surface area (Å²) in [6, 6.07) is 11.3. The summed E-state index contributed by atoms with van der Waals surface area (Å²) >= 11 is 1.33. The van der Waals surface area contributed by atoms with Gasteiger partial charge in [-0.3, -0.25) is 14.5 Å². The lowest BCUT2D eigenvalue weighted by Crippen LogP contribution is -2.29. The molecule has 0 aliphatic carbocycles. The fourth-order valence-electron chi connectivity index (χ4n) is 3.21. The number of hydrogen-bond acceptors (Lipinski definition) is 6. The number of carbonyl (C=O) groups is 2. The summed E-state index contributed by atoms with van der Waals surface area (Å²) in [6.45, 7) is 5.54. The minimum absolute atomic E-state index is 0.00365. The van der Waals surface area contributed by atoms with Crippen LogP contribution >= 0.6 is 11.3 Å². The Hall–Kier alpha value is -3.19. The standard InChI is InChI=1S/C21H18N2O4S/c1-11-9-10-15(27-11)17-16(18(24)14-7-5-4-6-8-14)19(25)20(26)23(17)21-22-12(2)13(3)28-21/h4-10,17,24H,1-3H3/t17-/m1/s1. The van der Waals surface area contributed by atoms with Gasteiger partial charge in [-0.25, -0.2) is 4.98 Å².